The average molecular weight is 349 g/mol. The van der Waals surface area contributed by atoms with Crippen LogP contribution in [-0.4, -0.2) is 32.6 Å². The largest absolute Gasteiger partial charge is 0.349 e. The van der Waals surface area contributed by atoms with E-state index in [-0.39, 0.29) is 17.4 Å². The number of hydrogen-bond donors (Lipinski definition) is 2. The normalized spacial score (nSPS) is 12.6. The van der Waals surface area contributed by atoms with Crippen molar-refractivity contribution in [1.82, 2.24) is 25.9 Å². The molecule has 2 N–H and O–H groups in total. The SMILES string of the molecule is CC(NC(=O)c1ccccc1-c1ccccc1-c1nn[nH]n1)C(C)(C)C. The molecule has 1 atom stereocenters. The zero-order chi connectivity index (χ0) is 18.7. The second-order valence-corrected chi connectivity index (χ2v) is 7.39. The van der Waals surface area contributed by atoms with Crippen molar-refractivity contribution >= 4 is 5.91 Å². The summed E-state index contributed by atoms with van der Waals surface area (Å²) in [6, 6.07) is 15.4. The first-order chi connectivity index (χ1) is 12.4. The lowest BCUT2D eigenvalue weighted by Crippen LogP contribution is -2.41. The van der Waals surface area contributed by atoms with Crippen molar-refractivity contribution in [2.45, 2.75) is 33.7 Å². The number of nitrogens with one attached hydrogen (secondary N) is 2. The summed E-state index contributed by atoms with van der Waals surface area (Å²) in [6.07, 6.45) is 0. The molecule has 3 aromatic rings. The molecule has 1 unspecified atom stereocenters. The van der Waals surface area contributed by atoms with Crippen molar-refractivity contribution < 1.29 is 4.79 Å². The Labute approximate surface area is 153 Å². The van der Waals surface area contributed by atoms with E-state index in [1.54, 1.807) is 0 Å². The molecule has 26 heavy (non-hydrogen) atoms. The van der Waals surface area contributed by atoms with Gasteiger partial charge in [-0.15, -0.1) is 10.2 Å². The van der Waals surface area contributed by atoms with Crippen LogP contribution >= 0.6 is 0 Å². The Morgan fingerprint density at radius 1 is 1.00 bits per heavy atom. The molecule has 0 spiro atoms. The van der Waals surface area contributed by atoms with E-state index >= 15 is 0 Å². The van der Waals surface area contributed by atoms with E-state index in [9.17, 15) is 4.79 Å². The summed E-state index contributed by atoms with van der Waals surface area (Å²) in [5.74, 6) is 0.407. The Hall–Kier alpha value is -3.02. The summed E-state index contributed by atoms with van der Waals surface area (Å²) >= 11 is 0. The van der Waals surface area contributed by atoms with Gasteiger partial charge in [-0.25, -0.2) is 0 Å². The summed E-state index contributed by atoms with van der Waals surface area (Å²) in [5, 5.41) is 17.4. The lowest BCUT2D eigenvalue weighted by molar-refractivity contribution is 0.0911. The van der Waals surface area contributed by atoms with Gasteiger partial charge in [-0.1, -0.05) is 63.2 Å². The molecule has 1 aromatic heterocycles. The maximum absolute atomic E-state index is 12.9. The molecule has 0 fully saturated rings. The van der Waals surface area contributed by atoms with Gasteiger partial charge >= 0.3 is 0 Å². The Morgan fingerprint density at radius 2 is 1.62 bits per heavy atom. The molecular formula is C20H23N5O. The van der Waals surface area contributed by atoms with Gasteiger partial charge in [-0.05, 0) is 34.7 Å². The van der Waals surface area contributed by atoms with Crippen LogP contribution in [-0.2, 0) is 0 Å². The predicted octanol–water partition coefficient (Wildman–Crippen LogP) is 3.70. The minimum Gasteiger partial charge on any atom is -0.349 e. The third-order valence-electron chi connectivity index (χ3n) is 4.62. The fraction of sp³-hybridized carbons (Fsp3) is 0.300. The third-order valence-corrected chi connectivity index (χ3v) is 4.62. The van der Waals surface area contributed by atoms with Crippen molar-refractivity contribution in [3.63, 3.8) is 0 Å². The van der Waals surface area contributed by atoms with Crippen LogP contribution in [0.25, 0.3) is 22.5 Å². The number of aromatic amines is 1. The minimum atomic E-state index is -0.0917. The summed E-state index contributed by atoms with van der Waals surface area (Å²) in [7, 11) is 0. The second kappa shape index (κ2) is 7.07. The predicted molar refractivity (Wildman–Crippen MR) is 101 cm³/mol. The molecule has 0 aliphatic heterocycles. The summed E-state index contributed by atoms with van der Waals surface area (Å²) in [5.41, 5.74) is 3.16. The highest BCUT2D eigenvalue weighted by molar-refractivity contribution is 6.02. The zero-order valence-electron chi connectivity index (χ0n) is 15.4. The molecule has 2 aromatic carbocycles. The lowest BCUT2D eigenvalue weighted by atomic mass is 9.87. The highest BCUT2D eigenvalue weighted by Gasteiger charge is 2.24. The first kappa shape index (κ1) is 17.8. The van der Waals surface area contributed by atoms with Crippen molar-refractivity contribution in [3.8, 4) is 22.5 Å². The van der Waals surface area contributed by atoms with E-state index in [1.807, 2.05) is 55.5 Å². The summed E-state index contributed by atoms with van der Waals surface area (Å²) < 4.78 is 0. The van der Waals surface area contributed by atoms with E-state index in [2.05, 4.69) is 46.7 Å². The van der Waals surface area contributed by atoms with Gasteiger partial charge < -0.3 is 5.32 Å². The standard InChI is InChI=1S/C20H23N5O/c1-13(20(2,3)4)21-19(26)17-12-8-6-10-15(17)14-9-5-7-11-16(14)18-22-24-25-23-18/h5-13H,1-4H3,(H,21,26)(H,22,23,24,25). The number of hydrogen-bond acceptors (Lipinski definition) is 4. The molecule has 0 saturated heterocycles. The molecular weight excluding hydrogens is 326 g/mol. The molecule has 1 heterocycles. The van der Waals surface area contributed by atoms with Crippen LogP contribution in [0.2, 0.25) is 0 Å². The van der Waals surface area contributed by atoms with Crippen LogP contribution in [0.4, 0.5) is 0 Å². The summed E-state index contributed by atoms with van der Waals surface area (Å²) in [6.45, 7) is 8.34. The molecule has 0 aliphatic rings. The quantitative estimate of drug-likeness (QED) is 0.752. The van der Waals surface area contributed by atoms with Crippen LogP contribution in [0.1, 0.15) is 38.1 Å². The third kappa shape index (κ3) is 3.64. The summed E-state index contributed by atoms with van der Waals surface area (Å²) in [4.78, 5) is 12.9. The van der Waals surface area contributed by atoms with Crippen LogP contribution in [0.5, 0.6) is 0 Å². The number of tetrazole rings is 1. The van der Waals surface area contributed by atoms with E-state index in [1.165, 1.54) is 0 Å². The van der Waals surface area contributed by atoms with Crippen molar-refractivity contribution in [3.05, 3.63) is 54.1 Å². The van der Waals surface area contributed by atoms with Gasteiger partial charge in [0, 0.05) is 17.2 Å². The number of benzene rings is 2. The highest BCUT2D eigenvalue weighted by Crippen LogP contribution is 2.32. The number of aromatic nitrogens is 4. The monoisotopic (exact) mass is 349 g/mol. The van der Waals surface area contributed by atoms with E-state index in [4.69, 9.17) is 0 Å². The number of carbonyl (C=O) groups excluding carboxylic acids is 1. The molecule has 0 saturated carbocycles. The number of H-pyrrole nitrogens is 1. The molecule has 6 heteroatoms. The van der Waals surface area contributed by atoms with Crippen molar-refractivity contribution in [2.24, 2.45) is 5.41 Å². The molecule has 0 aliphatic carbocycles. The van der Waals surface area contributed by atoms with Crippen molar-refractivity contribution in [1.29, 1.82) is 0 Å². The first-order valence-electron chi connectivity index (χ1n) is 8.61. The Kier molecular flexibility index (Phi) is 4.84. The maximum atomic E-state index is 12.9. The van der Waals surface area contributed by atoms with E-state index in [0.717, 1.165) is 16.7 Å². The molecule has 6 nitrogen and oxygen atoms in total. The van der Waals surface area contributed by atoms with E-state index in [0.29, 0.717) is 11.4 Å². The molecule has 0 bridgehead atoms. The number of amides is 1. The van der Waals surface area contributed by atoms with Crippen LogP contribution in [0.3, 0.4) is 0 Å². The van der Waals surface area contributed by atoms with Gasteiger partial charge in [0.1, 0.15) is 0 Å². The number of rotatable bonds is 4. The van der Waals surface area contributed by atoms with Crippen LogP contribution in [0.15, 0.2) is 48.5 Å². The first-order valence-corrected chi connectivity index (χ1v) is 8.61. The van der Waals surface area contributed by atoms with Crippen molar-refractivity contribution in [2.75, 3.05) is 0 Å². The fourth-order valence-corrected chi connectivity index (χ4v) is 2.60. The van der Waals surface area contributed by atoms with Gasteiger partial charge in [-0.3, -0.25) is 4.79 Å². The fourth-order valence-electron chi connectivity index (χ4n) is 2.60. The smallest absolute Gasteiger partial charge is 0.252 e. The zero-order valence-corrected chi connectivity index (χ0v) is 15.4. The average Bonchev–Trinajstić information content (AvgIpc) is 3.15. The van der Waals surface area contributed by atoms with Crippen LogP contribution < -0.4 is 5.32 Å². The topological polar surface area (TPSA) is 83.6 Å². The van der Waals surface area contributed by atoms with E-state index < -0.39 is 0 Å². The lowest BCUT2D eigenvalue weighted by Gasteiger charge is -2.28. The van der Waals surface area contributed by atoms with Gasteiger partial charge in [0.15, 0.2) is 0 Å². The van der Waals surface area contributed by atoms with Gasteiger partial charge in [-0.2, -0.15) is 5.21 Å². The molecule has 0 radical (unpaired) electrons. The van der Waals surface area contributed by atoms with Gasteiger partial charge in [0.05, 0.1) is 0 Å². The Bertz CT molecular complexity index is 897. The molecule has 1 amide bonds. The minimum absolute atomic E-state index is 0.0207. The van der Waals surface area contributed by atoms with Gasteiger partial charge in [0.25, 0.3) is 5.91 Å². The Morgan fingerprint density at radius 3 is 2.23 bits per heavy atom. The molecule has 134 valence electrons. The maximum Gasteiger partial charge on any atom is 0.252 e. The van der Waals surface area contributed by atoms with Gasteiger partial charge in [0.2, 0.25) is 5.82 Å². The van der Waals surface area contributed by atoms with Crippen LogP contribution in [0, 0.1) is 5.41 Å². The Balaban J connectivity index is 2.03. The number of carbonyl (C=O) groups is 1. The second-order valence-electron chi connectivity index (χ2n) is 7.39. The molecule has 3 rings (SSSR count). The highest BCUT2D eigenvalue weighted by atomic mass is 16.1. The number of nitrogens with zero attached hydrogens (tertiary/aromatic N) is 3.